The average molecular weight is 357 g/mol. The van der Waals surface area contributed by atoms with Gasteiger partial charge in [-0.1, -0.05) is 12.1 Å². The molecule has 0 amide bonds. The quantitative estimate of drug-likeness (QED) is 0.576. The molecule has 5 rings (SSSR count). The third-order valence-electron chi connectivity index (χ3n) is 4.53. The standard InChI is InChI=1S/C19H15N7O/c27-19-14-8-12(3-4-16(14)21-11-22-19)9-18-24-23-17-6-5-15(25-26(17)18)13-2-1-7-20-10-13/h1-8,11,20H,9-10H2,(H,21,22,27). The molecule has 132 valence electrons. The van der Waals surface area contributed by atoms with Crippen molar-refractivity contribution in [3.63, 3.8) is 0 Å². The van der Waals surface area contributed by atoms with Crippen LogP contribution in [0.3, 0.4) is 0 Å². The molecule has 1 aliphatic rings. The lowest BCUT2D eigenvalue weighted by Gasteiger charge is -2.10. The summed E-state index contributed by atoms with van der Waals surface area (Å²) in [5.74, 6) is 0.714. The summed E-state index contributed by atoms with van der Waals surface area (Å²) in [5.41, 5.74) is 4.12. The van der Waals surface area contributed by atoms with E-state index in [1.165, 1.54) is 6.33 Å². The van der Waals surface area contributed by atoms with Crippen LogP contribution in [0.5, 0.6) is 0 Å². The predicted octanol–water partition coefficient (Wildman–Crippen LogP) is 1.45. The highest BCUT2D eigenvalue weighted by Crippen LogP contribution is 2.17. The molecule has 1 aliphatic heterocycles. The van der Waals surface area contributed by atoms with E-state index in [9.17, 15) is 4.79 Å². The Hall–Kier alpha value is -3.81. The predicted molar refractivity (Wildman–Crippen MR) is 101 cm³/mol. The van der Waals surface area contributed by atoms with Crippen molar-refractivity contribution in [3.8, 4) is 0 Å². The lowest BCUT2D eigenvalue weighted by Crippen LogP contribution is -2.13. The van der Waals surface area contributed by atoms with Crippen molar-refractivity contribution in [1.29, 1.82) is 0 Å². The van der Waals surface area contributed by atoms with E-state index in [1.807, 2.05) is 48.7 Å². The molecular weight excluding hydrogens is 342 g/mol. The van der Waals surface area contributed by atoms with Crippen molar-refractivity contribution in [2.75, 3.05) is 6.54 Å². The van der Waals surface area contributed by atoms with Crippen LogP contribution in [-0.2, 0) is 6.42 Å². The molecule has 3 aromatic heterocycles. The van der Waals surface area contributed by atoms with Gasteiger partial charge in [0.25, 0.3) is 5.56 Å². The molecule has 4 aromatic rings. The van der Waals surface area contributed by atoms with E-state index in [2.05, 4.69) is 25.5 Å². The second-order valence-electron chi connectivity index (χ2n) is 6.30. The average Bonchev–Trinajstić information content (AvgIpc) is 3.11. The van der Waals surface area contributed by atoms with Gasteiger partial charge in [-0.15, -0.1) is 10.2 Å². The highest BCUT2D eigenvalue weighted by molar-refractivity contribution is 5.78. The van der Waals surface area contributed by atoms with E-state index < -0.39 is 0 Å². The Morgan fingerprint density at radius 3 is 3.00 bits per heavy atom. The topological polar surface area (TPSA) is 101 Å². The number of benzene rings is 1. The first-order valence-corrected chi connectivity index (χ1v) is 8.55. The van der Waals surface area contributed by atoms with Gasteiger partial charge >= 0.3 is 0 Å². The van der Waals surface area contributed by atoms with Gasteiger partial charge in [0.05, 0.1) is 22.9 Å². The molecule has 8 nitrogen and oxygen atoms in total. The largest absolute Gasteiger partial charge is 0.387 e. The molecule has 0 saturated heterocycles. The van der Waals surface area contributed by atoms with Gasteiger partial charge in [0.2, 0.25) is 0 Å². The summed E-state index contributed by atoms with van der Waals surface area (Å²) in [6, 6.07) is 9.48. The van der Waals surface area contributed by atoms with Crippen LogP contribution in [0.15, 0.2) is 59.8 Å². The minimum Gasteiger partial charge on any atom is -0.387 e. The van der Waals surface area contributed by atoms with Gasteiger partial charge in [0.15, 0.2) is 11.5 Å². The van der Waals surface area contributed by atoms with Gasteiger partial charge in [0, 0.05) is 13.0 Å². The summed E-state index contributed by atoms with van der Waals surface area (Å²) >= 11 is 0. The van der Waals surface area contributed by atoms with Gasteiger partial charge < -0.3 is 10.3 Å². The Morgan fingerprint density at radius 1 is 1.15 bits per heavy atom. The Labute approximate surface area is 153 Å². The van der Waals surface area contributed by atoms with Crippen LogP contribution in [0.25, 0.3) is 22.1 Å². The summed E-state index contributed by atoms with van der Waals surface area (Å²) in [6.07, 6.45) is 7.82. The number of H-pyrrole nitrogens is 1. The van der Waals surface area contributed by atoms with Gasteiger partial charge in [-0.2, -0.15) is 9.61 Å². The number of nitrogens with one attached hydrogen (secondary N) is 2. The van der Waals surface area contributed by atoms with Crippen LogP contribution in [0, 0.1) is 0 Å². The Bertz CT molecular complexity index is 1280. The summed E-state index contributed by atoms with van der Waals surface area (Å²) < 4.78 is 1.76. The fourth-order valence-corrected chi connectivity index (χ4v) is 3.16. The molecule has 27 heavy (non-hydrogen) atoms. The molecule has 0 aliphatic carbocycles. The Morgan fingerprint density at radius 2 is 2.11 bits per heavy atom. The summed E-state index contributed by atoms with van der Waals surface area (Å²) in [7, 11) is 0. The smallest absolute Gasteiger partial charge is 0.258 e. The first-order chi connectivity index (χ1) is 13.3. The molecule has 0 atom stereocenters. The van der Waals surface area contributed by atoms with Crippen LogP contribution < -0.4 is 10.9 Å². The first-order valence-electron chi connectivity index (χ1n) is 8.55. The van der Waals surface area contributed by atoms with Crippen LogP contribution >= 0.6 is 0 Å². The number of hydrogen-bond donors (Lipinski definition) is 2. The van der Waals surface area contributed by atoms with Crippen LogP contribution in [-0.4, -0.2) is 36.3 Å². The Balaban J connectivity index is 1.55. The summed E-state index contributed by atoms with van der Waals surface area (Å²) in [5, 5.41) is 16.9. The van der Waals surface area contributed by atoms with Gasteiger partial charge in [0.1, 0.15) is 0 Å². The maximum absolute atomic E-state index is 12.0. The number of aromatic nitrogens is 6. The van der Waals surface area contributed by atoms with Crippen LogP contribution in [0.2, 0.25) is 0 Å². The monoisotopic (exact) mass is 357 g/mol. The Kier molecular flexibility index (Phi) is 3.53. The second-order valence-corrected chi connectivity index (χ2v) is 6.30. The van der Waals surface area contributed by atoms with Crippen LogP contribution in [0.1, 0.15) is 17.1 Å². The molecule has 0 unspecified atom stereocenters. The van der Waals surface area contributed by atoms with E-state index in [0.717, 1.165) is 23.4 Å². The zero-order valence-corrected chi connectivity index (χ0v) is 14.3. The maximum atomic E-state index is 12.0. The highest BCUT2D eigenvalue weighted by atomic mass is 16.1. The van der Waals surface area contributed by atoms with Crippen molar-refractivity contribution in [2.24, 2.45) is 0 Å². The third kappa shape index (κ3) is 2.77. The maximum Gasteiger partial charge on any atom is 0.258 e. The molecule has 0 bridgehead atoms. The number of rotatable bonds is 3. The van der Waals surface area contributed by atoms with E-state index in [-0.39, 0.29) is 5.56 Å². The third-order valence-corrected chi connectivity index (χ3v) is 4.53. The number of fused-ring (bicyclic) bond motifs is 2. The van der Waals surface area contributed by atoms with Crippen molar-refractivity contribution in [2.45, 2.75) is 6.42 Å². The fraction of sp³-hybridized carbons (Fsp3) is 0.105. The number of aromatic amines is 1. The zero-order chi connectivity index (χ0) is 18.2. The first kappa shape index (κ1) is 15.4. The van der Waals surface area contributed by atoms with Gasteiger partial charge in [-0.25, -0.2) is 4.98 Å². The molecule has 2 N–H and O–H groups in total. The normalized spacial score (nSPS) is 13.7. The van der Waals surface area contributed by atoms with Crippen molar-refractivity contribution < 1.29 is 0 Å². The molecule has 8 heteroatoms. The number of hydrogen-bond acceptors (Lipinski definition) is 6. The zero-order valence-electron chi connectivity index (χ0n) is 14.3. The molecule has 0 saturated carbocycles. The van der Waals surface area contributed by atoms with E-state index in [4.69, 9.17) is 5.10 Å². The van der Waals surface area contributed by atoms with Gasteiger partial charge in [-0.3, -0.25) is 4.79 Å². The van der Waals surface area contributed by atoms with E-state index in [1.54, 1.807) is 4.52 Å². The lowest BCUT2D eigenvalue weighted by molar-refractivity contribution is 0.826. The SMILES string of the molecule is O=c1[nH]cnc2ccc(Cc3nnc4ccc(C5=CC=CNC5)nn34)cc12. The fourth-order valence-electron chi connectivity index (χ4n) is 3.16. The number of nitrogens with zero attached hydrogens (tertiary/aromatic N) is 5. The lowest BCUT2D eigenvalue weighted by atomic mass is 10.1. The minimum absolute atomic E-state index is 0.154. The molecular formula is C19H15N7O. The molecule has 1 aromatic carbocycles. The van der Waals surface area contributed by atoms with Gasteiger partial charge in [-0.05, 0) is 47.7 Å². The van der Waals surface area contributed by atoms with E-state index >= 15 is 0 Å². The highest BCUT2D eigenvalue weighted by Gasteiger charge is 2.12. The molecule has 0 radical (unpaired) electrons. The van der Waals surface area contributed by atoms with Crippen LogP contribution in [0.4, 0.5) is 0 Å². The molecule has 4 heterocycles. The molecule has 0 spiro atoms. The number of allylic oxidation sites excluding steroid dienone is 2. The number of dihydropyridines is 1. The second kappa shape index (κ2) is 6.17. The van der Waals surface area contributed by atoms with E-state index in [0.29, 0.717) is 28.8 Å². The summed E-state index contributed by atoms with van der Waals surface area (Å²) in [4.78, 5) is 18.8. The van der Waals surface area contributed by atoms with Crippen molar-refractivity contribution in [1.82, 2.24) is 35.1 Å². The summed E-state index contributed by atoms with van der Waals surface area (Å²) in [6.45, 7) is 0.729. The molecule has 0 fully saturated rings. The van der Waals surface area contributed by atoms with Crippen molar-refractivity contribution in [3.05, 3.63) is 82.4 Å². The minimum atomic E-state index is -0.154. The van der Waals surface area contributed by atoms with Crippen molar-refractivity contribution >= 4 is 22.1 Å².